The number of halogens is 4. The lowest BCUT2D eigenvalue weighted by atomic mass is 10.2. The van der Waals surface area contributed by atoms with E-state index in [0.717, 1.165) is 16.7 Å². The number of imidazole rings is 1. The normalized spacial score (nSPS) is 11.5. The van der Waals surface area contributed by atoms with E-state index in [1.54, 1.807) is 0 Å². The lowest BCUT2D eigenvalue weighted by molar-refractivity contribution is -0.137. The number of hydrogen-bond donors (Lipinski definition) is 1. The highest BCUT2D eigenvalue weighted by atomic mass is 35.5. The minimum atomic E-state index is -4.55. The maximum Gasteiger partial charge on any atom is 0.417 e. The summed E-state index contributed by atoms with van der Waals surface area (Å²) in [6.45, 7) is 0. The van der Waals surface area contributed by atoms with Crippen LogP contribution in [-0.2, 0) is 22.1 Å². The number of alkyl halides is 3. The molecular weight excluding hydrogens is 399 g/mol. The van der Waals surface area contributed by atoms with E-state index in [2.05, 4.69) is 15.0 Å². The van der Waals surface area contributed by atoms with Gasteiger partial charge < -0.3 is 14.5 Å². The number of hydrogen-bond acceptors (Lipinski definition) is 4. The van der Waals surface area contributed by atoms with Gasteiger partial charge in [-0.15, -0.1) is 0 Å². The lowest BCUT2D eigenvalue weighted by Crippen LogP contribution is -2.14. The molecule has 0 spiro atoms. The number of ether oxygens (including phenoxy) is 1. The van der Waals surface area contributed by atoms with Gasteiger partial charge >= 0.3 is 12.1 Å². The Labute approximate surface area is 161 Å². The molecule has 2 heterocycles. The van der Waals surface area contributed by atoms with E-state index in [1.165, 1.54) is 37.6 Å². The maximum atomic E-state index is 12.9. The SMILES string of the molecule is COC(=O)c1ccc(NC(=O)Cc2cn3cc(C(F)(F)F)cc(Cl)c3n2)cc1. The van der Waals surface area contributed by atoms with Gasteiger partial charge in [0.05, 0.1) is 35.4 Å². The molecule has 28 heavy (non-hydrogen) atoms. The van der Waals surface area contributed by atoms with E-state index in [0.29, 0.717) is 11.3 Å². The summed E-state index contributed by atoms with van der Waals surface area (Å²) >= 11 is 5.88. The van der Waals surface area contributed by atoms with Gasteiger partial charge in [-0.3, -0.25) is 4.79 Å². The first kappa shape index (κ1) is 19.7. The zero-order valence-electron chi connectivity index (χ0n) is 14.4. The van der Waals surface area contributed by atoms with Crippen molar-refractivity contribution in [3.05, 3.63) is 64.6 Å². The van der Waals surface area contributed by atoms with Gasteiger partial charge in [-0.05, 0) is 30.3 Å². The fraction of sp³-hybridized carbons (Fsp3) is 0.167. The molecule has 0 saturated carbocycles. The Balaban J connectivity index is 1.74. The molecule has 3 aromatic rings. The third-order valence-electron chi connectivity index (χ3n) is 3.81. The van der Waals surface area contributed by atoms with Crippen LogP contribution in [-0.4, -0.2) is 28.4 Å². The average Bonchev–Trinajstić information content (AvgIpc) is 3.03. The zero-order chi connectivity index (χ0) is 20.5. The van der Waals surface area contributed by atoms with Crippen molar-refractivity contribution < 1.29 is 27.5 Å². The van der Waals surface area contributed by atoms with Crippen LogP contribution in [0.3, 0.4) is 0 Å². The third-order valence-corrected chi connectivity index (χ3v) is 4.09. The van der Waals surface area contributed by atoms with Crippen LogP contribution in [0.25, 0.3) is 5.65 Å². The first-order valence-corrected chi connectivity index (χ1v) is 8.27. The molecule has 0 unspecified atom stereocenters. The van der Waals surface area contributed by atoms with E-state index in [9.17, 15) is 22.8 Å². The molecule has 0 aliphatic carbocycles. The Morgan fingerprint density at radius 3 is 2.50 bits per heavy atom. The highest BCUT2D eigenvalue weighted by Crippen LogP contribution is 2.32. The Hall–Kier alpha value is -3.07. The number of fused-ring (bicyclic) bond motifs is 1. The molecule has 0 bridgehead atoms. The molecule has 146 valence electrons. The summed E-state index contributed by atoms with van der Waals surface area (Å²) in [6.07, 6.45) is -2.54. The van der Waals surface area contributed by atoms with Gasteiger partial charge in [-0.1, -0.05) is 11.6 Å². The summed E-state index contributed by atoms with van der Waals surface area (Å²) in [6, 6.07) is 6.83. The summed E-state index contributed by atoms with van der Waals surface area (Å²) in [5.74, 6) is -0.931. The van der Waals surface area contributed by atoms with Crippen LogP contribution >= 0.6 is 11.6 Å². The Morgan fingerprint density at radius 2 is 1.89 bits per heavy atom. The van der Waals surface area contributed by atoms with Crippen LogP contribution < -0.4 is 5.32 Å². The van der Waals surface area contributed by atoms with Gasteiger partial charge in [0.15, 0.2) is 5.65 Å². The van der Waals surface area contributed by atoms with Crippen molar-refractivity contribution in [2.45, 2.75) is 12.6 Å². The highest BCUT2D eigenvalue weighted by Gasteiger charge is 2.32. The molecule has 1 aromatic carbocycles. The number of methoxy groups -OCH3 is 1. The smallest absolute Gasteiger partial charge is 0.417 e. The standard InChI is InChI=1S/C18H13ClF3N3O3/c1-28-17(27)10-2-4-12(5-3-10)23-15(26)7-13-9-25-8-11(18(20,21)22)6-14(19)16(25)24-13/h2-6,8-9H,7H2,1H3,(H,23,26). The monoisotopic (exact) mass is 411 g/mol. The quantitative estimate of drug-likeness (QED) is 0.659. The van der Waals surface area contributed by atoms with Crippen molar-refractivity contribution in [1.82, 2.24) is 9.38 Å². The molecule has 0 aliphatic heterocycles. The summed E-state index contributed by atoms with van der Waals surface area (Å²) in [5, 5.41) is 2.45. The maximum absolute atomic E-state index is 12.9. The zero-order valence-corrected chi connectivity index (χ0v) is 15.1. The number of carbonyl (C=O) groups is 2. The minimum Gasteiger partial charge on any atom is -0.465 e. The summed E-state index contributed by atoms with van der Waals surface area (Å²) in [5.41, 5.74) is 0.240. The number of pyridine rings is 1. The topological polar surface area (TPSA) is 72.7 Å². The van der Waals surface area contributed by atoms with Crippen LogP contribution in [0, 0.1) is 0 Å². The van der Waals surface area contributed by atoms with E-state index >= 15 is 0 Å². The second-order valence-corrected chi connectivity index (χ2v) is 6.24. The van der Waals surface area contributed by atoms with Crippen molar-refractivity contribution in [3.8, 4) is 0 Å². The predicted octanol–water partition coefficient (Wildman–Crippen LogP) is 3.97. The number of nitrogens with one attached hydrogen (secondary N) is 1. The molecule has 0 aliphatic rings. The van der Waals surface area contributed by atoms with Crippen molar-refractivity contribution in [2.75, 3.05) is 12.4 Å². The van der Waals surface area contributed by atoms with Gasteiger partial charge in [0, 0.05) is 18.1 Å². The second-order valence-electron chi connectivity index (χ2n) is 5.83. The Kier molecular flexibility index (Phi) is 5.28. The molecule has 10 heteroatoms. The fourth-order valence-electron chi connectivity index (χ4n) is 2.53. The molecule has 1 amide bonds. The number of anilines is 1. The molecule has 0 radical (unpaired) electrons. The van der Waals surface area contributed by atoms with Crippen molar-refractivity contribution in [3.63, 3.8) is 0 Å². The van der Waals surface area contributed by atoms with Crippen LogP contribution in [0.4, 0.5) is 18.9 Å². The number of carbonyl (C=O) groups excluding carboxylic acids is 2. The minimum absolute atomic E-state index is 0.125. The number of aromatic nitrogens is 2. The predicted molar refractivity (Wildman–Crippen MR) is 95.3 cm³/mol. The number of amides is 1. The van der Waals surface area contributed by atoms with Crippen molar-refractivity contribution in [1.29, 1.82) is 0 Å². The summed E-state index contributed by atoms with van der Waals surface area (Å²) in [4.78, 5) is 27.7. The van der Waals surface area contributed by atoms with Gasteiger partial charge in [0.1, 0.15) is 0 Å². The Bertz CT molecular complexity index is 1050. The average molecular weight is 412 g/mol. The first-order valence-electron chi connectivity index (χ1n) is 7.90. The van der Waals surface area contributed by atoms with Crippen molar-refractivity contribution >= 4 is 34.8 Å². The van der Waals surface area contributed by atoms with Gasteiger partial charge in [0.25, 0.3) is 0 Å². The van der Waals surface area contributed by atoms with E-state index in [-0.39, 0.29) is 22.8 Å². The van der Waals surface area contributed by atoms with Crippen LogP contribution in [0.2, 0.25) is 5.02 Å². The number of rotatable bonds is 4. The lowest BCUT2D eigenvalue weighted by Gasteiger charge is -2.07. The Morgan fingerprint density at radius 1 is 1.21 bits per heavy atom. The number of benzene rings is 1. The molecule has 3 rings (SSSR count). The van der Waals surface area contributed by atoms with E-state index in [4.69, 9.17) is 11.6 Å². The van der Waals surface area contributed by atoms with Gasteiger partial charge in [-0.2, -0.15) is 13.2 Å². The molecule has 1 N–H and O–H groups in total. The largest absolute Gasteiger partial charge is 0.465 e. The molecule has 0 saturated heterocycles. The third kappa shape index (κ3) is 4.25. The summed E-state index contributed by atoms with van der Waals surface area (Å²) < 4.78 is 44.3. The molecule has 2 aromatic heterocycles. The van der Waals surface area contributed by atoms with Crippen LogP contribution in [0.15, 0.2) is 42.7 Å². The number of nitrogens with zero attached hydrogens (tertiary/aromatic N) is 2. The van der Waals surface area contributed by atoms with Gasteiger partial charge in [-0.25, -0.2) is 9.78 Å². The molecule has 0 atom stereocenters. The van der Waals surface area contributed by atoms with E-state index in [1.807, 2.05) is 0 Å². The summed E-state index contributed by atoms with van der Waals surface area (Å²) in [7, 11) is 1.26. The second kappa shape index (κ2) is 7.51. The van der Waals surface area contributed by atoms with Crippen LogP contribution in [0.5, 0.6) is 0 Å². The van der Waals surface area contributed by atoms with E-state index < -0.39 is 23.6 Å². The molecule has 0 fully saturated rings. The molecular formula is C18H13ClF3N3O3. The number of esters is 1. The first-order chi connectivity index (χ1) is 13.2. The van der Waals surface area contributed by atoms with Crippen molar-refractivity contribution in [2.24, 2.45) is 0 Å². The van der Waals surface area contributed by atoms with Crippen LogP contribution in [0.1, 0.15) is 21.6 Å². The fourth-order valence-corrected chi connectivity index (χ4v) is 2.78. The van der Waals surface area contributed by atoms with Gasteiger partial charge in [0.2, 0.25) is 5.91 Å². The highest BCUT2D eigenvalue weighted by molar-refractivity contribution is 6.33. The molecule has 6 nitrogen and oxygen atoms in total.